The van der Waals surface area contributed by atoms with Crippen molar-refractivity contribution in [2.75, 3.05) is 0 Å². The van der Waals surface area contributed by atoms with E-state index in [-0.39, 0.29) is 19.5 Å². The van der Waals surface area contributed by atoms with E-state index in [1.807, 2.05) is 0 Å². The average molecular weight is 167 g/mol. The van der Waals surface area contributed by atoms with E-state index in [4.69, 9.17) is 4.91 Å². The maximum absolute atomic E-state index is 8.32. The largest absolute Gasteiger partial charge is 3.00 e. The molecule has 0 spiro atoms. The second-order valence-corrected chi connectivity index (χ2v) is 0.207. The van der Waals surface area contributed by atoms with E-state index in [1.54, 1.807) is 4.70 Å². The van der Waals surface area contributed by atoms with Gasteiger partial charge in [-0.1, -0.05) is 0 Å². The molecule has 0 unspecified atom stereocenters. The molecule has 2 nitrogen and oxygen atoms in total. The molecule has 23 valence electrons. The second-order valence-electron chi connectivity index (χ2n) is 0.0690. The fourth-order valence-corrected chi connectivity index (χ4v) is 0. The molecule has 0 atom stereocenters. The van der Waals surface area contributed by atoms with Crippen LogP contribution in [0.15, 0.2) is 4.70 Å². The summed E-state index contributed by atoms with van der Waals surface area (Å²) in [4.78, 5) is 8.32. The van der Waals surface area contributed by atoms with Crippen molar-refractivity contribution < 1.29 is 19.5 Å². The van der Waals surface area contributed by atoms with Crippen molar-refractivity contribution >= 4 is 11.8 Å². The Labute approximate surface area is 41.4 Å². The zero-order valence-electron chi connectivity index (χ0n) is 1.59. The third-order valence-corrected chi connectivity index (χ3v) is 0. The molecule has 4 heteroatoms. The minimum absolute atomic E-state index is 0. The smallest absolute Gasteiger partial charge is 0.131 e. The normalized spacial score (nSPS) is 3.25. The molecule has 0 saturated heterocycles. The summed E-state index contributed by atoms with van der Waals surface area (Å²) in [6.07, 6.45) is 0. The van der Waals surface area contributed by atoms with E-state index in [1.165, 1.54) is 0 Å². The van der Waals surface area contributed by atoms with Crippen molar-refractivity contribution in [1.29, 1.82) is 0 Å². The summed E-state index contributed by atoms with van der Waals surface area (Å²) in [7, 11) is 0. The first-order chi connectivity index (χ1) is 1.41. The van der Waals surface area contributed by atoms with Crippen molar-refractivity contribution in [3.63, 3.8) is 0 Å². The average Bonchev–Trinajstić information content (AvgIpc) is 0.918. The van der Waals surface area contributed by atoms with Crippen LogP contribution in [0.4, 0.5) is 0 Å². The number of rotatable bonds is 0. The molecule has 0 amide bonds. The van der Waals surface area contributed by atoms with E-state index in [2.05, 4.69) is 11.8 Å². The van der Waals surface area contributed by atoms with E-state index in [0.29, 0.717) is 0 Å². The van der Waals surface area contributed by atoms with E-state index >= 15 is 0 Å². The Morgan fingerprint density at radius 1 is 1.75 bits per heavy atom. The molecule has 0 aromatic rings. The van der Waals surface area contributed by atoms with Crippen molar-refractivity contribution in [3.05, 3.63) is 4.91 Å². The summed E-state index contributed by atoms with van der Waals surface area (Å²) in [6.45, 7) is 0. The van der Waals surface area contributed by atoms with Crippen molar-refractivity contribution in [2.45, 2.75) is 0 Å². The molecule has 0 saturated carbocycles. The SMILES string of the molecule is O=NCl.[Ru+3]. The number of nitroso groups, excluding NO2 is 1. The van der Waals surface area contributed by atoms with Crippen molar-refractivity contribution in [2.24, 2.45) is 4.70 Å². The number of hydrogen-bond donors (Lipinski definition) is 0. The summed E-state index contributed by atoms with van der Waals surface area (Å²) >= 11 is 4.07. The first kappa shape index (κ1) is 8.82. The van der Waals surface area contributed by atoms with Crippen LogP contribution in [0, 0.1) is 4.91 Å². The number of hydrogen-bond acceptors (Lipinski definition) is 2. The molecular formula is ClNORu+3. The Morgan fingerprint density at radius 2 is 1.75 bits per heavy atom. The van der Waals surface area contributed by atoms with Crippen LogP contribution in [0.2, 0.25) is 0 Å². The van der Waals surface area contributed by atoms with Gasteiger partial charge in [-0.15, -0.1) is 4.91 Å². The van der Waals surface area contributed by atoms with Crippen LogP contribution in [-0.4, -0.2) is 0 Å². The molecule has 0 heterocycles. The van der Waals surface area contributed by atoms with Crippen LogP contribution in [0.25, 0.3) is 0 Å². The Bertz CT molecular complexity index is 15.5. The predicted molar refractivity (Wildman–Crippen MR) is 11.6 cm³/mol. The van der Waals surface area contributed by atoms with Gasteiger partial charge < -0.3 is 0 Å². The molecular weight excluding hydrogens is 167 g/mol. The summed E-state index contributed by atoms with van der Waals surface area (Å²) in [6, 6.07) is 0. The van der Waals surface area contributed by atoms with Crippen LogP contribution >= 0.6 is 11.8 Å². The zero-order chi connectivity index (χ0) is 2.71. The fourth-order valence-electron chi connectivity index (χ4n) is 0. The Kier molecular flexibility index (Phi) is 21.4. The minimum atomic E-state index is 0. The van der Waals surface area contributed by atoms with E-state index in [9.17, 15) is 0 Å². The Morgan fingerprint density at radius 3 is 1.75 bits per heavy atom. The predicted octanol–water partition coefficient (Wildman–Crippen LogP) is 0.904. The molecule has 0 rings (SSSR count). The molecule has 1 radical (unpaired) electrons. The summed E-state index contributed by atoms with van der Waals surface area (Å²) in [5.41, 5.74) is 0. The van der Waals surface area contributed by atoms with Gasteiger partial charge in [0.2, 0.25) is 0 Å². The molecule has 0 fully saturated rings. The maximum atomic E-state index is 8.32. The molecule has 0 N–H and O–H groups in total. The summed E-state index contributed by atoms with van der Waals surface area (Å²) < 4.78 is 1.72. The molecule has 0 aliphatic heterocycles. The quantitative estimate of drug-likeness (QED) is 0.388. The van der Waals surface area contributed by atoms with Gasteiger partial charge in [-0.25, -0.2) is 0 Å². The second kappa shape index (κ2) is 9.69. The van der Waals surface area contributed by atoms with Gasteiger partial charge >= 0.3 is 19.5 Å². The van der Waals surface area contributed by atoms with Gasteiger partial charge in [0.05, 0.1) is 11.8 Å². The minimum Gasteiger partial charge on any atom is -0.131 e. The maximum Gasteiger partial charge on any atom is 3.00 e. The van der Waals surface area contributed by atoms with Crippen LogP contribution in [0.1, 0.15) is 0 Å². The van der Waals surface area contributed by atoms with Gasteiger partial charge in [0.1, 0.15) is 0 Å². The number of halogens is 1. The topological polar surface area (TPSA) is 29.4 Å². The van der Waals surface area contributed by atoms with Crippen LogP contribution < -0.4 is 0 Å². The van der Waals surface area contributed by atoms with Gasteiger partial charge in [0, 0.05) is 4.70 Å². The number of nitrogens with zero attached hydrogens (tertiary/aromatic N) is 1. The van der Waals surface area contributed by atoms with Crippen LogP contribution in [0.3, 0.4) is 0 Å². The molecule has 0 aromatic heterocycles. The molecule has 0 aromatic carbocycles. The van der Waals surface area contributed by atoms with E-state index in [0.717, 1.165) is 0 Å². The van der Waals surface area contributed by atoms with Gasteiger partial charge in [-0.2, -0.15) is 0 Å². The van der Waals surface area contributed by atoms with Crippen LogP contribution in [0.5, 0.6) is 0 Å². The zero-order valence-corrected chi connectivity index (χ0v) is 4.08. The van der Waals surface area contributed by atoms with E-state index < -0.39 is 0 Å². The molecule has 0 bridgehead atoms. The molecule has 4 heavy (non-hydrogen) atoms. The third-order valence-electron chi connectivity index (χ3n) is 0. The van der Waals surface area contributed by atoms with Crippen LogP contribution in [-0.2, 0) is 19.5 Å². The third kappa shape index (κ3) is 21.8. The van der Waals surface area contributed by atoms with Gasteiger partial charge in [-0.05, 0) is 0 Å². The first-order valence-electron chi connectivity index (χ1n) is 0.352. The van der Waals surface area contributed by atoms with Gasteiger partial charge in [0.15, 0.2) is 0 Å². The fraction of sp³-hybridized carbons (Fsp3) is 0. The first-order valence-corrected chi connectivity index (χ1v) is 0.690. The molecule has 0 aliphatic carbocycles. The molecule has 0 aliphatic rings. The summed E-state index contributed by atoms with van der Waals surface area (Å²) in [5.74, 6) is 0. The van der Waals surface area contributed by atoms with Gasteiger partial charge in [-0.3, -0.25) is 0 Å². The standard InChI is InChI=1S/ClNO.Ru/c1-2-3;/q;+3. The Balaban J connectivity index is 0. The summed E-state index contributed by atoms with van der Waals surface area (Å²) in [5, 5.41) is 0. The van der Waals surface area contributed by atoms with Crippen molar-refractivity contribution in [3.8, 4) is 0 Å². The monoisotopic (exact) mass is 167 g/mol. The Hall–Kier alpha value is 0.513. The van der Waals surface area contributed by atoms with Gasteiger partial charge in [0.25, 0.3) is 0 Å². The van der Waals surface area contributed by atoms with Crippen molar-refractivity contribution in [1.82, 2.24) is 0 Å².